The van der Waals surface area contributed by atoms with E-state index in [2.05, 4.69) is 38.1 Å². The van der Waals surface area contributed by atoms with E-state index in [1.165, 1.54) is 9.75 Å². The summed E-state index contributed by atoms with van der Waals surface area (Å²) in [6.45, 7) is 3.27. The number of hydrogen-bond donors (Lipinski definition) is 0. The quantitative estimate of drug-likeness (QED) is 0.671. The molecule has 0 aliphatic heterocycles. The molecule has 0 aromatic carbocycles. The second-order valence-electron chi connectivity index (χ2n) is 2.96. The predicted octanol–water partition coefficient (Wildman–Crippen LogP) is 2.37. The van der Waals surface area contributed by atoms with Gasteiger partial charge in [-0.2, -0.15) is 0 Å². The van der Waals surface area contributed by atoms with E-state index in [0.717, 1.165) is 13.0 Å². The van der Waals surface area contributed by atoms with E-state index in [4.69, 9.17) is 0 Å². The molecule has 11 heavy (non-hydrogen) atoms. The smallest absolute Gasteiger partial charge is 0.0321 e. The van der Waals surface area contributed by atoms with Crippen LogP contribution >= 0.6 is 11.3 Å². The molecule has 0 N–H and O–H groups in total. The summed E-state index contributed by atoms with van der Waals surface area (Å²) in [6, 6.07) is 4.45. The van der Waals surface area contributed by atoms with Crippen LogP contribution < -0.4 is 0 Å². The number of thiophene rings is 1. The first-order valence-electron chi connectivity index (χ1n) is 3.94. The Labute approximate surface area is 72.7 Å². The summed E-state index contributed by atoms with van der Waals surface area (Å²) in [4.78, 5) is 5.15. The molecule has 0 bridgehead atoms. The van der Waals surface area contributed by atoms with Crippen molar-refractivity contribution in [2.45, 2.75) is 19.9 Å². The molecule has 0 aliphatic rings. The van der Waals surface area contributed by atoms with Crippen LogP contribution in [0.25, 0.3) is 0 Å². The van der Waals surface area contributed by atoms with Crippen LogP contribution in [-0.4, -0.2) is 19.0 Å². The molecule has 0 atom stereocenters. The van der Waals surface area contributed by atoms with Gasteiger partial charge in [0.05, 0.1) is 0 Å². The molecule has 0 radical (unpaired) electrons. The maximum absolute atomic E-state index is 2.23. The van der Waals surface area contributed by atoms with E-state index in [9.17, 15) is 0 Å². The summed E-state index contributed by atoms with van der Waals surface area (Å²) >= 11 is 1.92. The second-order valence-corrected chi connectivity index (χ2v) is 4.21. The number of rotatable bonds is 3. The summed E-state index contributed by atoms with van der Waals surface area (Å²) in [5.74, 6) is 0. The van der Waals surface area contributed by atoms with Crippen LogP contribution in [0.2, 0.25) is 0 Å². The molecule has 1 heterocycles. The lowest BCUT2D eigenvalue weighted by Gasteiger charge is -2.05. The topological polar surface area (TPSA) is 3.24 Å². The molecule has 0 aliphatic carbocycles. The van der Waals surface area contributed by atoms with E-state index < -0.39 is 0 Å². The van der Waals surface area contributed by atoms with Crippen molar-refractivity contribution in [3.8, 4) is 0 Å². The molecule has 62 valence electrons. The molecule has 0 amide bonds. The monoisotopic (exact) mass is 169 g/mol. The highest BCUT2D eigenvalue weighted by atomic mass is 32.1. The van der Waals surface area contributed by atoms with Crippen molar-refractivity contribution in [2.75, 3.05) is 14.1 Å². The molecule has 0 unspecified atom stereocenters. The van der Waals surface area contributed by atoms with E-state index in [1.54, 1.807) is 0 Å². The van der Waals surface area contributed by atoms with Crippen LogP contribution in [0, 0.1) is 0 Å². The standard InChI is InChI=1S/C9H15NS/c1-4-8-5-6-9(11-8)7-10(2)3/h5-6H,4,7H2,1-3H3. The van der Waals surface area contributed by atoms with Crippen molar-refractivity contribution < 1.29 is 0 Å². The van der Waals surface area contributed by atoms with Gasteiger partial charge in [-0.25, -0.2) is 0 Å². The lowest BCUT2D eigenvalue weighted by atomic mass is 10.3. The zero-order chi connectivity index (χ0) is 8.27. The van der Waals surface area contributed by atoms with Crippen molar-refractivity contribution in [2.24, 2.45) is 0 Å². The maximum Gasteiger partial charge on any atom is 0.0321 e. The average Bonchev–Trinajstić information content (AvgIpc) is 2.34. The van der Waals surface area contributed by atoms with Crippen LogP contribution in [0.3, 0.4) is 0 Å². The molecule has 0 fully saturated rings. The summed E-state index contributed by atoms with van der Waals surface area (Å²) in [5.41, 5.74) is 0. The number of aryl methyl sites for hydroxylation is 1. The summed E-state index contributed by atoms with van der Waals surface area (Å²) < 4.78 is 0. The van der Waals surface area contributed by atoms with E-state index >= 15 is 0 Å². The largest absolute Gasteiger partial charge is 0.304 e. The first-order valence-corrected chi connectivity index (χ1v) is 4.76. The highest BCUT2D eigenvalue weighted by Crippen LogP contribution is 2.17. The molecular weight excluding hydrogens is 154 g/mol. The molecule has 0 spiro atoms. The van der Waals surface area contributed by atoms with Crippen LogP contribution in [0.5, 0.6) is 0 Å². The Bertz CT molecular complexity index is 215. The van der Waals surface area contributed by atoms with E-state index in [0.29, 0.717) is 0 Å². The van der Waals surface area contributed by atoms with E-state index in [1.807, 2.05) is 11.3 Å². The van der Waals surface area contributed by atoms with Crippen molar-refractivity contribution in [3.63, 3.8) is 0 Å². The van der Waals surface area contributed by atoms with Crippen molar-refractivity contribution in [1.82, 2.24) is 4.90 Å². The maximum atomic E-state index is 2.23. The van der Waals surface area contributed by atoms with Crippen LogP contribution in [0.1, 0.15) is 16.7 Å². The third kappa shape index (κ3) is 2.64. The van der Waals surface area contributed by atoms with Crippen LogP contribution in [-0.2, 0) is 13.0 Å². The van der Waals surface area contributed by atoms with Crippen LogP contribution in [0.15, 0.2) is 12.1 Å². The van der Waals surface area contributed by atoms with Gasteiger partial charge in [-0.1, -0.05) is 6.92 Å². The van der Waals surface area contributed by atoms with Gasteiger partial charge in [0.2, 0.25) is 0 Å². The fourth-order valence-corrected chi connectivity index (χ4v) is 2.09. The molecule has 1 aromatic heterocycles. The molecule has 1 nitrogen and oxygen atoms in total. The van der Waals surface area contributed by atoms with Gasteiger partial charge in [0.1, 0.15) is 0 Å². The Balaban J connectivity index is 2.58. The molecule has 0 saturated heterocycles. The Morgan fingerprint density at radius 2 is 1.91 bits per heavy atom. The minimum Gasteiger partial charge on any atom is -0.304 e. The molecule has 2 heteroatoms. The van der Waals surface area contributed by atoms with Crippen molar-refractivity contribution in [1.29, 1.82) is 0 Å². The second kappa shape index (κ2) is 3.88. The summed E-state index contributed by atoms with van der Waals surface area (Å²) in [6.07, 6.45) is 1.16. The van der Waals surface area contributed by atoms with Crippen molar-refractivity contribution >= 4 is 11.3 Å². The lowest BCUT2D eigenvalue weighted by Crippen LogP contribution is -2.09. The zero-order valence-corrected chi connectivity index (χ0v) is 8.24. The highest BCUT2D eigenvalue weighted by Gasteiger charge is 1.98. The Hall–Kier alpha value is -0.340. The van der Waals surface area contributed by atoms with Crippen LogP contribution in [0.4, 0.5) is 0 Å². The van der Waals surface area contributed by atoms with Gasteiger partial charge in [0.15, 0.2) is 0 Å². The van der Waals surface area contributed by atoms with Crippen molar-refractivity contribution in [3.05, 3.63) is 21.9 Å². The number of hydrogen-bond acceptors (Lipinski definition) is 2. The van der Waals surface area contributed by atoms with E-state index in [-0.39, 0.29) is 0 Å². The highest BCUT2D eigenvalue weighted by molar-refractivity contribution is 7.11. The molecule has 1 aromatic rings. The fraction of sp³-hybridized carbons (Fsp3) is 0.556. The van der Waals surface area contributed by atoms with Gasteiger partial charge >= 0.3 is 0 Å². The van der Waals surface area contributed by atoms with Gasteiger partial charge in [-0.3, -0.25) is 0 Å². The zero-order valence-electron chi connectivity index (χ0n) is 7.42. The van der Waals surface area contributed by atoms with Gasteiger partial charge in [-0.15, -0.1) is 11.3 Å². The molecule has 0 saturated carbocycles. The molecular formula is C9H15NS. The third-order valence-electron chi connectivity index (χ3n) is 1.54. The minimum absolute atomic E-state index is 1.07. The normalized spacial score (nSPS) is 10.9. The predicted molar refractivity (Wildman–Crippen MR) is 51.1 cm³/mol. The lowest BCUT2D eigenvalue weighted by molar-refractivity contribution is 0.406. The van der Waals surface area contributed by atoms with Gasteiger partial charge in [0.25, 0.3) is 0 Å². The fourth-order valence-electron chi connectivity index (χ4n) is 1.01. The number of nitrogens with zero attached hydrogens (tertiary/aromatic N) is 1. The van der Waals surface area contributed by atoms with Gasteiger partial charge in [0, 0.05) is 16.3 Å². The average molecular weight is 169 g/mol. The minimum atomic E-state index is 1.07. The SMILES string of the molecule is CCc1ccc(CN(C)C)s1. The van der Waals surface area contributed by atoms with Gasteiger partial charge < -0.3 is 4.90 Å². The van der Waals surface area contributed by atoms with Gasteiger partial charge in [-0.05, 0) is 32.6 Å². The summed E-state index contributed by atoms with van der Waals surface area (Å²) in [5, 5.41) is 0. The first kappa shape index (κ1) is 8.75. The molecule has 1 rings (SSSR count). The Morgan fingerprint density at radius 1 is 1.27 bits per heavy atom. The first-order chi connectivity index (χ1) is 5.22. The Morgan fingerprint density at radius 3 is 2.36 bits per heavy atom. The summed E-state index contributed by atoms with van der Waals surface area (Å²) in [7, 11) is 4.21. The third-order valence-corrected chi connectivity index (χ3v) is 2.75. The Kier molecular flexibility index (Phi) is 3.09.